The molecule has 3 aromatic carbocycles. The van der Waals surface area contributed by atoms with E-state index in [-0.39, 0.29) is 19.1 Å². The molecule has 216 valence electrons. The summed E-state index contributed by atoms with van der Waals surface area (Å²) >= 11 is 0. The molecule has 0 atom stereocenters. The number of carbonyl (C=O) groups is 3. The van der Waals surface area contributed by atoms with E-state index in [4.69, 9.17) is 18.9 Å². The van der Waals surface area contributed by atoms with Crippen molar-refractivity contribution < 1.29 is 33.3 Å². The molecule has 0 saturated carbocycles. The van der Waals surface area contributed by atoms with E-state index in [2.05, 4.69) is 21.2 Å². The monoisotopic (exact) mass is 562 g/mol. The minimum absolute atomic E-state index is 0.210. The van der Waals surface area contributed by atoms with E-state index in [1.807, 2.05) is 44.2 Å². The third-order valence-corrected chi connectivity index (χ3v) is 5.66. The Morgan fingerprint density at radius 1 is 0.854 bits per heavy atom. The van der Waals surface area contributed by atoms with Crippen LogP contribution < -0.4 is 35.0 Å². The largest absolute Gasteiger partial charge is 0.493 e. The molecule has 0 aromatic heterocycles. The molecule has 3 amide bonds. The number of ether oxygens (including phenoxy) is 4. The number of carbonyl (C=O) groups excluding carboxylic acids is 3. The molecule has 41 heavy (non-hydrogen) atoms. The van der Waals surface area contributed by atoms with Crippen LogP contribution in [-0.2, 0) is 20.8 Å². The molecule has 0 aliphatic heterocycles. The Hall–Kier alpha value is -5.06. The number of benzene rings is 3. The molecule has 0 aliphatic carbocycles. The Morgan fingerprint density at radius 2 is 1.63 bits per heavy atom. The van der Waals surface area contributed by atoms with E-state index in [0.717, 1.165) is 11.1 Å². The van der Waals surface area contributed by atoms with Crippen LogP contribution in [0.15, 0.2) is 65.8 Å². The second-order valence-corrected chi connectivity index (χ2v) is 8.74. The van der Waals surface area contributed by atoms with Crippen LogP contribution in [0.5, 0.6) is 23.0 Å². The molecule has 0 bridgehead atoms. The highest BCUT2D eigenvalue weighted by Crippen LogP contribution is 2.29. The fraction of sp³-hybridized carbons (Fsp3) is 0.267. The van der Waals surface area contributed by atoms with Gasteiger partial charge >= 0.3 is 11.8 Å². The quantitative estimate of drug-likeness (QED) is 0.165. The highest BCUT2D eigenvalue weighted by Gasteiger charge is 2.13. The summed E-state index contributed by atoms with van der Waals surface area (Å²) in [4.78, 5) is 36.6. The van der Waals surface area contributed by atoms with Crippen molar-refractivity contribution in [1.82, 2.24) is 10.7 Å². The maximum absolute atomic E-state index is 12.3. The van der Waals surface area contributed by atoms with Crippen molar-refractivity contribution in [2.45, 2.75) is 20.3 Å². The van der Waals surface area contributed by atoms with Gasteiger partial charge in [-0.2, -0.15) is 5.10 Å². The van der Waals surface area contributed by atoms with E-state index in [9.17, 15) is 14.4 Å². The van der Waals surface area contributed by atoms with Crippen LogP contribution >= 0.6 is 0 Å². The Labute approximate surface area is 238 Å². The van der Waals surface area contributed by atoms with E-state index in [0.29, 0.717) is 47.3 Å². The summed E-state index contributed by atoms with van der Waals surface area (Å²) in [6.07, 6.45) is 1.86. The summed E-state index contributed by atoms with van der Waals surface area (Å²) in [6, 6.07) is 17.8. The standard InChI is InChI=1S/C30H34N4O7/c1-5-40-27-17-22(10-12-25(27)41-19-28(35)33-23-8-6-7-20(2)15-23)18-32-34-30(37)29(36)31-14-13-21-9-11-24(38-3)26(16-21)39-4/h6-12,15-18H,5,13-14,19H2,1-4H3,(H,31,36)(H,33,35)(H,34,37)/b32-18-. The average molecular weight is 563 g/mol. The molecule has 0 aliphatic rings. The molecule has 0 saturated heterocycles. The summed E-state index contributed by atoms with van der Waals surface area (Å²) in [6.45, 7) is 4.16. The fourth-order valence-electron chi connectivity index (χ4n) is 3.71. The zero-order chi connectivity index (χ0) is 29.6. The summed E-state index contributed by atoms with van der Waals surface area (Å²) in [5, 5.41) is 9.19. The summed E-state index contributed by atoms with van der Waals surface area (Å²) in [5.41, 5.74) is 5.41. The van der Waals surface area contributed by atoms with Gasteiger partial charge in [-0.15, -0.1) is 0 Å². The van der Waals surface area contributed by atoms with Gasteiger partial charge in [0.2, 0.25) is 0 Å². The van der Waals surface area contributed by atoms with Crippen LogP contribution in [0, 0.1) is 6.92 Å². The minimum Gasteiger partial charge on any atom is -0.493 e. The maximum atomic E-state index is 12.3. The van der Waals surface area contributed by atoms with Gasteiger partial charge in [0.15, 0.2) is 29.6 Å². The number of hydrogen-bond acceptors (Lipinski definition) is 8. The van der Waals surface area contributed by atoms with Gasteiger partial charge in [0, 0.05) is 12.2 Å². The third kappa shape index (κ3) is 9.57. The van der Waals surface area contributed by atoms with Gasteiger partial charge in [-0.1, -0.05) is 18.2 Å². The Balaban J connectivity index is 1.48. The SMILES string of the molecule is CCOc1cc(/C=N\NC(=O)C(=O)NCCc2ccc(OC)c(OC)c2)ccc1OCC(=O)Nc1cccc(C)c1. The predicted octanol–water partition coefficient (Wildman–Crippen LogP) is 3.24. The van der Waals surface area contributed by atoms with Crippen molar-refractivity contribution >= 4 is 29.6 Å². The number of aryl methyl sites for hydroxylation is 1. The van der Waals surface area contributed by atoms with Crippen LogP contribution in [0.3, 0.4) is 0 Å². The molecule has 11 heteroatoms. The second kappa shape index (κ2) is 15.5. The number of nitrogens with one attached hydrogen (secondary N) is 3. The molecule has 0 heterocycles. The smallest absolute Gasteiger partial charge is 0.329 e. The van der Waals surface area contributed by atoms with Crippen LogP contribution in [-0.4, -0.2) is 57.9 Å². The van der Waals surface area contributed by atoms with Gasteiger partial charge in [0.25, 0.3) is 5.91 Å². The third-order valence-electron chi connectivity index (χ3n) is 5.66. The molecule has 3 aromatic rings. The van der Waals surface area contributed by atoms with Crippen molar-refractivity contribution in [3.8, 4) is 23.0 Å². The Kier molecular flexibility index (Phi) is 11.5. The Bertz CT molecular complexity index is 1390. The number of nitrogens with zero attached hydrogens (tertiary/aromatic N) is 1. The highest BCUT2D eigenvalue weighted by atomic mass is 16.5. The highest BCUT2D eigenvalue weighted by molar-refractivity contribution is 6.35. The van der Waals surface area contributed by atoms with Crippen LogP contribution in [0.4, 0.5) is 5.69 Å². The number of methoxy groups -OCH3 is 2. The normalized spacial score (nSPS) is 10.5. The van der Waals surface area contributed by atoms with E-state index < -0.39 is 11.8 Å². The van der Waals surface area contributed by atoms with Crippen molar-refractivity contribution in [2.24, 2.45) is 5.10 Å². The number of hydrazone groups is 1. The minimum atomic E-state index is -0.904. The topological polar surface area (TPSA) is 137 Å². The van der Waals surface area contributed by atoms with E-state index in [1.54, 1.807) is 44.6 Å². The van der Waals surface area contributed by atoms with Crippen LogP contribution in [0.25, 0.3) is 0 Å². The molecular formula is C30H34N4O7. The first-order valence-corrected chi connectivity index (χ1v) is 12.9. The van der Waals surface area contributed by atoms with Crippen molar-refractivity contribution in [2.75, 3.05) is 39.3 Å². The van der Waals surface area contributed by atoms with Crippen molar-refractivity contribution in [3.05, 3.63) is 77.4 Å². The van der Waals surface area contributed by atoms with Gasteiger partial charge in [0.1, 0.15) is 0 Å². The average Bonchev–Trinajstić information content (AvgIpc) is 2.96. The van der Waals surface area contributed by atoms with Crippen LogP contribution in [0.1, 0.15) is 23.6 Å². The lowest BCUT2D eigenvalue weighted by atomic mass is 10.1. The molecule has 11 nitrogen and oxygen atoms in total. The molecule has 3 N–H and O–H groups in total. The first-order chi connectivity index (χ1) is 19.8. The second-order valence-electron chi connectivity index (χ2n) is 8.74. The first kappa shape index (κ1) is 30.5. The summed E-state index contributed by atoms with van der Waals surface area (Å²) in [5.74, 6) is -0.0642. The molecule has 3 rings (SSSR count). The number of amides is 3. The van der Waals surface area contributed by atoms with E-state index >= 15 is 0 Å². The number of hydrogen-bond donors (Lipinski definition) is 3. The van der Waals surface area contributed by atoms with Gasteiger partial charge in [-0.05, 0) is 79.4 Å². The molecule has 0 radical (unpaired) electrons. The summed E-state index contributed by atoms with van der Waals surface area (Å²) in [7, 11) is 3.10. The van der Waals surface area contributed by atoms with Crippen LogP contribution in [0.2, 0.25) is 0 Å². The van der Waals surface area contributed by atoms with Gasteiger partial charge in [-0.3, -0.25) is 14.4 Å². The molecule has 0 fully saturated rings. The Morgan fingerprint density at radius 3 is 2.37 bits per heavy atom. The van der Waals surface area contributed by atoms with Gasteiger partial charge < -0.3 is 29.6 Å². The molecular weight excluding hydrogens is 528 g/mol. The number of anilines is 1. The zero-order valence-electron chi connectivity index (χ0n) is 23.5. The predicted molar refractivity (Wildman–Crippen MR) is 155 cm³/mol. The maximum Gasteiger partial charge on any atom is 0.329 e. The van der Waals surface area contributed by atoms with Crippen molar-refractivity contribution in [1.29, 1.82) is 0 Å². The lowest BCUT2D eigenvalue weighted by Crippen LogP contribution is -2.38. The zero-order valence-corrected chi connectivity index (χ0v) is 23.5. The fourth-order valence-corrected chi connectivity index (χ4v) is 3.71. The van der Waals surface area contributed by atoms with Gasteiger partial charge in [0.05, 0.1) is 27.0 Å². The molecule has 0 spiro atoms. The van der Waals surface area contributed by atoms with Crippen molar-refractivity contribution in [3.63, 3.8) is 0 Å². The van der Waals surface area contributed by atoms with E-state index in [1.165, 1.54) is 6.21 Å². The van der Waals surface area contributed by atoms with Gasteiger partial charge in [-0.25, -0.2) is 5.43 Å². The number of rotatable bonds is 13. The molecule has 0 unspecified atom stereocenters. The lowest BCUT2D eigenvalue weighted by Gasteiger charge is -2.13. The summed E-state index contributed by atoms with van der Waals surface area (Å²) < 4.78 is 21.8. The lowest BCUT2D eigenvalue weighted by molar-refractivity contribution is -0.139. The first-order valence-electron chi connectivity index (χ1n) is 12.9.